The van der Waals surface area contributed by atoms with Crippen LogP contribution in [0.4, 0.5) is 0 Å². The van der Waals surface area contributed by atoms with Crippen molar-refractivity contribution >= 4 is 37.8 Å². The normalized spacial score (nSPS) is 22.4. The summed E-state index contributed by atoms with van der Waals surface area (Å²) in [5.74, 6) is 1.56. The molecule has 0 spiro atoms. The molecule has 2 unspecified atom stereocenters. The quantitative estimate of drug-likeness (QED) is 0.799. The van der Waals surface area contributed by atoms with E-state index in [1.165, 1.54) is 6.42 Å². The minimum absolute atomic E-state index is 0.0866. The molecule has 0 heterocycles. The second-order valence-electron chi connectivity index (χ2n) is 4.78. The number of hydrogen-bond acceptors (Lipinski definition) is 1. The molecule has 1 aliphatic rings. The van der Waals surface area contributed by atoms with Crippen molar-refractivity contribution in [1.29, 1.82) is 0 Å². The third-order valence-electron chi connectivity index (χ3n) is 3.29. The Morgan fingerprint density at radius 1 is 1.47 bits per heavy atom. The van der Waals surface area contributed by atoms with E-state index in [4.69, 9.17) is 0 Å². The summed E-state index contributed by atoms with van der Waals surface area (Å²) in [6, 6.07) is 5.65. The van der Waals surface area contributed by atoms with E-state index in [0.717, 1.165) is 27.0 Å². The van der Waals surface area contributed by atoms with E-state index in [1.807, 2.05) is 30.1 Å². The first-order valence-electron chi connectivity index (χ1n) is 5.69. The fourth-order valence-electron chi connectivity index (χ4n) is 1.96. The number of carbonyl (C=O) groups excluding carboxylic acids is 1. The highest BCUT2D eigenvalue weighted by Gasteiger charge is 2.34. The van der Waals surface area contributed by atoms with Gasteiger partial charge in [0.25, 0.3) is 5.91 Å². The van der Waals surface area contributed by atoms with Gasteiger partial charge in [-0.25, -0.2) is 0 Å². The van der Waals surface area contributed by atoms with E-state index in [0.29, 0.717) is 5.92 Å². The third kappa shape index (κ3) is 3.10. The van der Waals surface area contributed by atoms with Crippen molar-refractivity contribution in [3.63, 3.8) is 0 Å². The molecular formula is C13H15Br2NO. The van der Waals surface area contributed by atoms with Crippen LogP contribution in [0.15, 0.2) is 27.1 Å². The summed E-state index contributed by atoms with van der Waals surface area (Å²) < 4.78 is 1.81. The third-order valence-corrected chi connectivity index (χ3v) is 4.44. The van der Waals surface area contributed by atoms with Gasteiger partial charge in [0, 0.05) is 22.5 Å². The highest BCUT2D eigenvalue weighted by molar-refractivity contribution is 9.11. The molecule has 0 aliphatic heterocycles. The van der Waals surface area contributed by atoms with E-state index < -0.39 is 0 Å². The van der Waals surface area contributed by atoms with Crippen LogP contribution in [0.3, 0.4) is 0 Å². The van der Waals surface area contributed by atoms with E-state index in [-0.39, 0.29) is 5.91 Å². The second kappa shape index (κ2) is 5.11. The molecule has 1 aliphatic carbocycles. The molecule has 0 N–H and O–H groups in total. The summed E-state index contributed by atoms with van der Waals surface area (Å²) >= 11 is 6.82. The van der Waals surface area contributed by atoms with E-state index >= 15 is 0 Å². The highest BCUT2D eigenvalue weighted by Crippen LogP contribution is 2.38. The molecule has 0 radical (unpaired) electrons. The van der Waals surface area contributed by atoms with Crippen LogP contribution in [0, 0.1) is 11.8 Å². The Labute approximate surface area is 119 Å². The number of rotatable bonds is 3. The number of nitrogens with zero attached hydrogens (tertiary/aromatic N) is 1. The first-order chi connectivity index (χ1) is 7.99. The van der Waals surface area contributed by atoms with Gasteiger partial charge in [-0.05, 0) is 52.4 Å². The van der Waals surface area contributed by atoms with Gasteiger partial charge in [0.05, 0.1) is 5.56 Å². The Morgan fingerprint density at radius 3 is 2.65 bits per heavy atom. The summed E-state index contributed by atoms with van der Waals surface area (Å²) in [5.41, 5.74) is 0.726. The molecule has 2 nitrogen and oxygen atoms in total. The maximum absolute atomic E-state index is 12.2. The Bertz CT molecular complexity index is 447. The number of hydrogen-bond donors (Lipinski definition) is 0. The van der Waals surface area contributed by atoms with Crippen LogP contribution in [-0.2, 0) is 0 Å². The molecule has 1 fully saturated rings. The van der Waals surface area contributed by atoms with Gasteiger partial charge < -0.3 is 4.90 Å². The zero-order valence-corrected chi connectivity index (χ0v) is 13.1. The molecule has 1 saturated carbocycles. The maximum Gasteiger partial charge on any atom is 0.254 e. The molecule has 4 heteroatoms. The minimum atomic E-state index is 0.0866. The molecule has 17 heavy (non-hydrogen) atoms. The predicted molar refractivity (Wildman–Crippen MR) is 76.1 cm³/mol. The summed E-state index contributed by atoms with van der Waals surface area (Å²) in [5, 5.41) is 0. The molecule has 92 valence electrons. The Balaban J connectivity index is 2.07. The van der Waals surface area contributed by atoms with Crippen LogP contribution in [0.5, 0.6) is 0 Å². The molecule has 0 saturated heterocycles. The molecular weight excluding hydrogens is 346 g/mol. The Hall–Kier alpha value is -0.350. The topological polar surface area (TPSA) is 20.3 Å². The van der Waals surface area contributed by atoms with E-state index in [9.17, 15) is 4.79 Å². The van der Waals surface area contributed by atoms with Crippen LogP contribution < -0.4 is 0 Å². The van der Waals surface area contributed by atoms with Crippen LogP contribution in [-0.4, -0.2) is 24.4 Å². The second-order valence-corrected chi connectivity index (χ2v) is 6.55. The van der Waals surface area contributed by atoms with Gasteiger partial charge in [-0.3, -0.25) is 4.79 Å². The van der Waals surface area contributed by atoms with Gasteiger partial charge in [-0.15, -0.1) is 0 Å². The fourth-order valence-corrected chi connectivity index (χ4v) is 3.17. The first kappa shape index (κ1) is 13.1. The predicted octanol–water partition coefficient (Wildman–Crippen LogP) is 3.94. The summed E-state index contributed by atoms with van der Waals surface area (Å²) in [6.45, 7) is 3.10. The van der Waals surface area contributed by atoms with Crippen molar-refractivity contribution in [2.45, 2.75) is 13.3 Å². The SMILES string of the molecule is CC1CC1CN(C)C(=O)c1ccc(Br)cc1Br. The molecule has 0 aromatic heterocycles. The van der Waals surface area contributed by atoms with Crippen molar-refractivity contribution in [3.8, 4) is 0 Å². The Kier molecular flexibility index (Phi) is 3.93. The van der Waals surface area contributed by atoms with Crippen molar-refractivity contribution in [1.82, 2.24) is 4.90 Å². The average Bonchev–Trinajstić information content (AvgIpc) is 2.93. The molecule has 2 rings (SSSR count). The molecule has 0 bridgehead atoms. The lowest BCUT2D eigenvalue weighted by molar-refractivity contribution is 0.0786. The van der Waals surface area contributed by atoms with E-state index in [1.54, 1.807) is 0 Å². The van der Waals surface area contributed by atoms with Crippen LogP contribution in [0.2, 0.25) is 0 Å². The zero-order chi connectivity index (χ0) is 12.6. The lowest BCUT2D eigenvalue weighted by atomic mass is 10.2. The molecule has 2 atom stereocenters. The molecule has 1 amide bonds. The van der Waals surface area contributed by atoms with Gasteiger partial charge in [0.1, 0.15) is 0 Å². The number of amides is 1. The number of benzene rings is 1. The summed E-state index contributed by atoms with van der Waals surface area (Å²) in [4.78, 5) is 14.0. The summed E-state index contributed by atoms with van der Waals surface area (Å²) in [7, 11) is 1.88. The lowest BCUT2D eigenvalue weighted by Crippen LogP contribution is -2.29. The minimum Gasteiger partial charge on any atom is -0.341 e. The van der Waals surface area contributed by atoms with Crippen LogP contribution >= 0.6 is 31.9 Å². The van der Waals surface area contributed by atoms with E-state index in [2.05, 4.69) is 38.8 Å². The largest absolute Gasteiger partial charge is 0.341 e. The van der Waals surface area contributed by atoms with Crippen molar-refractivity contribution < 1.29 is 4.79 Å². The smallest absolute Gasteiger partial charge is 0.254 e. The van der Waals surface area contributed by atoms with Crippen LogP contribution in [0.1, 0.15) is 23.7 Å². The van der Waals surface area contributed by atoms with Gasteiger partial charge in [-0.1, -0.05) is 22.9 Å². The average molecular weight is 361 g/mol. The van der Waals surface area contributed by atoms with Crippen molar-refractivity contribution in [2.75, 3.05) is 13.6 Å². The fraction of sp³-hybridized carbons (Fsp3) is 0.462. The van der Waals surface area contributed by atoms with Gasteiger partial charge >= 0.3 is 0 Å². The number of carbonyl (C=O) groups is 1. The molecule has 1 aromatic rings. The van der Waals surface area contributed by atoms with Crippen molar-refractivity contribution in [2.24, 2.45) is 11.8 Å². The molecule has 1 aromatic carbocycles. The first-order valence-corrected chi connectivity index (χ1v) is 7.28. The van der Waals surface area contributed by atoms with Gasteiger partial charge in [0.2, 0.25) is 0 Å². The number of halogens is 2. The standard InChI is InChI=1S/C13H15Br2NO/c1-8-5-9(8)7-16(2)13(17)11-4-3-10(14)6-12(11)15/h3-4,6,8-9H,5,7H2,1-2H3. The zero-order valence-electron chi connectivity index (χ0n) is 9.91. The summed E-state index contributed by atoms with van der Waals surface area (Å²) in [6.07, 6.45) is 1.25. The monoisotopic (exact) mass is 359 g/mol. The Morgan fingerprint density at radius 2 is 2.12 bits per heavy atom. The maximum atomic E-state index is 12.2. The van der Waals surface area contributed by atoms with Crippen molar-refractivity contribution in [3.05, 3.63) is 32.7 Å². The lowest BCUT2D eigenvalue weighted by Gasteiger charge is -2.18. The van der Waals surface area contributed by atoms with Gasteiger partial charge in [-0.2, -0.15) is 0 Å². The van der Waals surface area contributed by atoms with Gasteiger partial charge in [0.15, 0.2) is 0 Å². The highest BCUT2D eigenvalue weighted by atomic mass is 79.9. The van der Waals surface area contributed by atoms with Crippen LogP contribution in [0.25, 0.3) is 0 Å².